The number of rotatable bonds is 4. The first-order valence-electron chi connectivity index (χ1n) is 6.00. The van der Waals surface area contributed by atoms with Gasteiger partial charge in [-0.15, -0.1) is 0 Å². The Balaban J connectivity index is 2.24. The van der Waals surface area contributed by atoms with Gasteiger partial charge in [0.25, 0.3) is 0 Å². The minimum absolute atomic E-state index is 0.0908. The normalized spacial score (nSPS) is 12.7. The molecule has 2 aromatic heterocycles. The molecular formula is C13H17ClN4. The van der Waals surface area contributed by atoms with Gasteiger partial charge in [0.05, 0.1) is 16.4 Å². The van der Waals surface area contributed by atoms with Crippen LogP contribution in [0.3, 0.4) is 0 Å². The molecule has 1 atom stereocenters. The molecule has 2 N–H and O–H groups in total. The smallest absolute Gasteiger partial charge is 0.0847 e. The highest BCUT2D eigenvalue weighted by atomic mass is 35.5. The third-order valence-electron chi connectivity index (χ3n) is 3.00. The van der Waals surface area contributed by atoms with E-state index in [2.05, 4.69) is 10.1 Å². The maximum Gasteiger partial charge on any atom is 0.0847 e. The molecule has 4 nitrogen and oxygen atoms in total. The van der Waals surface area contributed by atoms with Gasteiger partial charge >= 0.3 is 0 Å². The quantitative estimate of drug-likeness (QED) is 0.923. The Morgan fingerprint density at radius 1 is 1.39 bits per heavy atom. The first-order valence-corrected chi connectivity index (χ1v) is 6.38. The molecule has 0 radical (unpaired) electrons. The number of aryl methyl sites for hydroxylation is 2. The summed E-state index contributed by atoms with van der Waals surface area (Å²) in [5, 5.41) is 5.12. The minimum Gasteiger partial charge on any atom is -0.324 e. The fourth-order valence-electron chi connectivity index (χ4n) is 2.00. The number of halogens is 1. The van der Waals surface area contributed by atoms with Crippen molar-refractivity contribution < 1.29 is 0 Å². The van der Waals surface area contributed by atoms with Crippen LogP contribution in [0.15, 0.2) is 24.5 Å². The first kappa shape index (κ1) is 13.1. The molecule has 1 unspecified atom stereocenters. The zero-order valence-electron chi connectivity index (χ0n) is 10.6. The number of hydrogen-bond donors (Lipinski definition) is 1. The molecule has 5 heteroatoms. The molecule has 96 valence electrons. The van der Waals surface area contributed by atoms with E-state index in [1.54, 1.807) is 12.4 Å². The molecule has 2 rings (SSSR count). The van der Waals surface area contributed by atoms with Crippen molar-refractivity contribution in [1.82, 2.24) is 14.8 Å². The number of nitrogens with two attached hydrogens (primary N) is 1. The van der Waals surface area contributed by atoms with E-state index in [0.29, 0.717) is 6.42 Å². The lowest BCUT2D eigenvalue weighted by molar-refractivity contribution is 0.587. The molecule has 0 bridgehead atoms. The molecule has 0 aliphatic carbocycles. The number of hydrogen-bond acceptors (Lipinski definition) is 3. The summed E-state index contributed by atoms with van der Waals surface area (Å²) in [6, 6.07) is 3.77. The van der Waals surface area contributed by atoms with Crippen molar-refractivity contribution in [3.05, 3.63) is 46.5 Å². The molecule has 0 aliphatic heterocycles. The Kier molecular flexibility index (Phi) is 3.99. The van der Waals surface area contributed by atoms with Crippen LogP contribution in [0.4, 0.5) is 0 Å². The van der Waals surface area contributed by atoms with Crippen LogP contribution < -0.4 is 5.73 Å². The highest BCUT2D eigenvalue weighted by molar-refractivity contribution is 6.31. The summed E-state index contributed by atoms with van der Waals surface area (Å²) in [4.78, 5) is 3.99. The Labute approximate surface area is 112 Å². The first-order chi connectivity index (χ1) is 8.63. The van der Waals surface area contributed by atoms with E-state index in [1.807, 2.05) is 30.7 Å². The van der Waals surface area contributed by atoms with Crippen molar-refractivity contribution in [1.29, 1.82) is 0 Å². The maximum absolute atomic E-state index is 6.27. The highest BCUT2D eigenvalue weighted by Crippen LogP contribution is 2.24. The van der Waals surface area contributed by atoms with Crippen LogP contribution in [-0.4, -0.2) is 14.8 Å². The second-order valence-electron chi connectivity index (χ2n) is 4.25. The summed E-state index contributed by atoms with van der Waals surface area (Å²) in [7, 11) is 0. The van der Waals surface area contributed by atoms with E-state index < -0.39 is 0 Å². The Bertz CT molecular complexity index is 521. The van der Waals surface area contributed by atoms with Gasteiger partial charge in [0.15, 0.2) is 0 Å². The lowest BCUT2D eigenvalue weighted by Gasteiger charge is -2.13. The fraction of sp³-hybridized carbons (Fsp3) is 0.385. The van der Waals surface area contributed by atoms with E-state index in [9.17, 15) is 0 Å². The van der Waals surface area contributed by atoms with E-state index in [0.717, 1.165) is 28.5 Å². The summed E-state index contributed by atoms with van der Waals surface area (Å²) < 4.78 is 1.92. The average Bonchev–Trinajstić information content (AvgIpc) is 2.67. The standard InChI is InChI=1S/C13H17ClN4/c1-3-18-12(13(14)9(2)17-18)8-11(15)10-4-6-16-7-5-10/h4-7,11H,3,8,15H2,1-2H3. The van der Waals surface area contributed by atoms with Gasteiger partial charge in [0.2, 0.25) is 0 Å². The van der Waals surface area contributed by atoms with Crippen molar-refractivity contribution in [3.8, 4) is 0 Å². The number of nitrogens with zero attached hydrogens (tertiary/aromatic N) is 3. The zero-order chi connectivity index (χ0) is 13.1. The van der Waals surface area contributed by atoms with E-state index >= 15 is 0 Å². The van der Waals surface area contributed by atoms with Gasteiger partial charge < -0.3 is 5.73 Å². The molecule has 0 aromatic carbocycles. The molecule has 2 aromatic rings. The third kappa shape index (κ3) is 2.54. The van der Waals surface area contributed by atoms with Crippen molar-refractivity contribution >= 4 is 11.6 Å². The van der Waals surface area contributed by atoms with E-state index in [1.165, 1.54) is 0 Å². The van der Waals surface area contributed by atoms with E-state index in [-0.39, 0.29) is 6.04 Å². The Morgan fingerprint density at radius 3 is 2.67 bits per heavy atom. The molecule has 0 spiro atoms. The van der Waals surface area contributed by atoms with Gasteiger partial charge in [-0.05, 0) is 31.5 Å². The number of pyridine rings is 1. The van der Waals surface area contributed by atoms with Gasteiger partial charge in [-0.2, -0.15) is 5.10 Å². The SMILES string of the molecule is CCn1nc(C)c(Cl)c1CC(N)c1ccncc1. The predicted molar refractivity (Wildman–Crippen MR) is 72.5 cm³/mol. The molecule has 2 heterocycles. The zero-order valence-corrected chi connectivity index (χ0v) is 11.4. The summed E-state index contributed by atoms with van der Waals surface area (Å²) in [5.41, 5.74) is 9.12. The van der Waals surface area contributed by atoms with Crippen LogP contribution in [-0.2, 0) is 13.0 Å². The minimum atomic E-state index is -0.0908. The average molecular weight is 265 g/mol. The summed E-state index contributed by atoms with van der Waals surface area (Å²) in [5.74, 6) is 0. The van der Waals surface area contributed by atoms with E-state index in [4.69, 9.17) is 17.3 Å². The summed E-state index contributed by atoms with van der Waals surface area (Å²) >= 11 is 6.27. The van der Waals surface area contributed by atoms with Gasteiger partial charge in [0, 0.05) is 31.4 Å². The van der Waals surface area contributed by atoms with Crippen LogP contribution in [0.1, 0.15) is 29.9 Å². The lowest BCUT2D eigenvalue weighted by Crippen LogP contribution is -2.16. The molecule has 0 fully saturated rings. The summed E-state index contributed by atoms with van der Waals surface area (Å²) in [6.07, 6.45) is 4.18. The van der Waals surface area contributed by atoms with Crippen LogP contribution in [0.25, 0.3) is 0 Å². The van der Waals surface area contributed by atoms with Crippen LogP contribution in [0.2, 0.25) is 5.02 Å². The number of aromatic nitrogens is 3. The second-order valence-corrected chi connectivity index (χ2v) is 4.63. The molecule has 0 aliphatic rings. The third-order valence-corrected chi connectivity index (χ3v) is 3.49. The lowest BCUT2D eigenvalue weighted by atomic mass is 10.0. The largest absolute Gasteiger partial charge is 0.324 e. The molecule has 0 saturated heterocycles. The van der Waals surface area contributed by atoms with Gasteiger partial charge in [-0.25, -0.2) is 0 Å². The van der Waals surface area contributed by atoms with Gasteiger partial charge in [-0.3, -0.25) is 9.67 Å². The van der Waals surface area contributed by atoms with Crippen molar-refractivity contribution in [2.45, 2.75) is 32.9 Å². The van der Waals surface area contributed by atoms with Crippen molar-refractivity contribution in [2.24, 2.45) is 5.73 Å². The topological polar surface area (TPSA) is 56.7 Å². The van der Waals surface area contributed by atoms with Crippen molar-refractivity contribution in [2.75, 3.05) is 0 Å². The van der Waals surface area contributed by atoms with Crippen LogP contribution in [0, 0.1) is 6.92 Å². The molecule has 18 heavy (non-hydrogen) atoms. The molecular weight excluding hydrogens is 248 g/mol. The van der Waals surface area contributed by atoms with Crippen molar-refractivity contribution in [3.63, 3.8) is 0 Å². The fourth-order valence-corrected chi connectivity index (χ4v) is 2.21. The van der Waals surface area contributed by atoms with Gasteiger partial charge in [0.1, 0.15) is 0 Å². The Morgan fingerprint density at radius 2 is 2.06 bits per heavy atom. The predicted octanol–water partition coefficient (Wildman–Crippen LogP) is 2.50. The van der Waals surface area contributed by atoms with Gasteiger partial charge in [-0.1, -0.05) is 11.6 Å². The molecule has 0 saturated carbocycles. The highest BCUT2D eigenvalue weighted by Gasteiger charge is 2.16. The second kappa shape index (κ2) is 5.50. The van der Waals surface area contributed by atoms with Crippen LogP contribution in [0.5, 0.6) is 0 Å². The Hall–Kier alpha value is -1.39. The monoisotopic (exact) mass is 264 g/mol. The van der Waals surface area contributed by atoms with Crippen LogP contribution >= 0.6 is 11.6 Å². The summed E-state index contributed by atoms with van der Waals surface area (Å²) in [6.45, 7) is 4.76. The molecule has 0 amide bonds. The maximum atomic E-state index is 6.27.